The number of ether oxygens (including phenoxy) is 1. The fourth-order valence-corrected chi connectivity index (χ4v) is 2.37. The van der Waals surface area contributed by atoms with Crippen LogP contribution in [0.25, 0.3) is 0 Å². The van der Waals surface area contributed by atoms with E-state index in [4.69, 9.17) is 16.3 Å². The lowest BCUT2D eigenvalue weighted by molar-refractivity contribution is 0.0723. The summed E-state index contributed by atoms with van der Waals surface area (Å²) in [6.45, 7) is 3.35. The van der Waals surface area contributed by atoms with Gasteiger partial charge in [-0.2, -0.15) is 0 Å². The van der Waals surface area contributed by atoms with Gasteiger partial charge in [0, 0.05) is 30.8 Å². The largest absolute Gasteiger partial charge is 0.380 e. The summed E-state index contributed by atoms with van der Waals surface area (Å²) in [5.74, 6) is 0.0683. The Bertz CT molecular complexity index is 433. The molecule has 0 N–H and O–H groups in total. The van der Waals surface area contributed by atoms with Crippen molar-refractivity contribution in [1.82, 2.24) is 4.90 Å². The van der Waals surface area contributed by atoms with Gasteiger partial charge in [0.25, 0.3) is 5.91 Å². The Morgan fingerprint density at radius 2 is 2.29 bits per heavy atom. The minimum atomic E-state index is 0.0683. The number of hydrogen-bond donors (Lipinski definition) is 0. The van der Waals surface area contributed by atoms with Crippen LogP contribution in [0.1, 0.15) is 22.3 Å². The number of likely N-dealkylation sites (tertiary alicyclic amines) is 1. The predicted molar refractivity (Wildman–Crippen MR) is 67.5 cm³/mol. The summed E-state index contributed by atoms with van der Waals surface area (Å²) in [4.78, 5) is 14.1. The first-order valence-corrected chi connectivity index (χ1v) is 6.08. The lowest BCUT2D eigenvalue weighted by Gasteiger charge is -2.17. The third kappa shape index (κ3) is 2.61. The molecule has 0 aromatic heterocycles. The number of carbonyl (C=O) groups is 1. The minimum absolute atomic E-state index is 0.0683. The van der Waals surface area contributed by atoms with Crippen LogP contribution in [-0.2, 0) is 4.74 Å². The first-order chi connectivity index (χ1) is 8.11. The van der Waals surface area contributed by atoms with Gasteiger partial charge in [-0.1, -0.05) is 11.6 Å². The van der Waals surface area contributed by atoms with Gasteiger partial charge in [-0.25, -0.2) is 0 Å². The van der Waals surface area contributed by atoms with Gasteiger partial charge in [0.15, 0.2) is 0 Å². The lowest BCUT2D eigenvalue weighted by atomic mass is 10.1. The molecule has 1 aliphatic heterocycles. The molecular formula is C13H16ClNO2. The van der Waals surface area contributed by atoms with E-state index in [9.17, 15) is 4.79 Å². The lowest BCUT2D eigenvalue weighted by Crippen LogP contribution is -2.30. The number of hydrogen-bond acceptors (Lipinski definition) is 2. The quantitative estimate of drug-likeness (QED) is 0.811. The van der Waals surface area contributed by atoms with Gasteiger partial charge in [-0.15, -0.1) is 0 Å². The van der Waals surface area contributed by atoms with Gasteiger partial charge in [0.1, 0.15) is 0 Å². The van der Waals surface area contributed by atoms with Crippen molar-refractivity contribution in [2.75, 3.05) is 20.2 Å². The van der Waals surface area contributed by atoms with Crippen molar-refractivity contribution >= 4 is 17.5 Å². The summed E-state index contributed by atoms with van der Waals surface area (Å²) in [6.07, 6.45) is 1.08. The maximum atomic E-state index is 12.3. The maximum absolute atomic E-state index is 12.3. The number of aryl methyl sites for hydroxylation is 1. The number of carbonyl (C=O) groups excluding carboxylic acids is 1. The van der Waals surface area contributed by atoms with Crippen LogP contribution < -0.4 is 0 Å². The molecular weight excluding hydrogens is 238 g/mol. The van der Waals surface area contributed by atoms with Crippen LogP contribution in [0.15, 0.2) is 18.2 Å². The van der Waals surface area contributed by atoms with Crippen LogP contribution >= 0.6 is 11.6 Å². The second-order valence-electron chi connectivity index (χ2n) is 4.36. The topological polar surface area (TPSA) is 29.5 Å². The highest BCUT2D eigenvalue weighted by atomic mass is 35.5. The Morgan fingerprint density at radius 3 is 2.88 bits per heavy atom. The molecule has 0 saturated carbocycles. The van der Waals surface area contributed by atoms with Gasteiger partial charge < -0.3 is 9.64 Å². The Balaban J connectivity index is 2.15. The average Bonchev–Trinajstić information content (AvgIpc) is 2.76. The number of halogens is 1. The summed E-state index contributed by atoms with van der Waals surface area (Å²) in [7, 11) is 1.69. The highest BCUT2D eigenvalue weighted by Gasteiger charge is 2.27. The Morgan fingerprint density at radius 1 is 1.53 bits per heavy atom. The van der Waals surface area contributed by atoms with Crippen molar-refractivity contribution in [3.05, 3.63) is 34.3 Å². The average molecular weight is 254 g/mol. The normalized spacial score (nSPS) is 19.7. The molecule has 4 heteroatoms. The van der Waals surface area contributed by atoms with Crippen molar-refractivity contribution in [3.63, 3.8) is 0 Å². The van der Waals surface area contributed by atoms with E-state index in [1.54, 1.807) is 19.2 Å². The fraction of sp³-hybridized carbons (Fsp3) is 0.462. The molecule has 17 heavy (non-hydrogen) atoms. The van der Waals surface area contributed by atoms with Crippen molar-refractivity contribution in [2.24, 2.45) is 0 Å². The number of rotatable bonds is 2. The summed E-state index contributed by atoms with van der Waals surface area (Å²) in [5, 5.41) is 0.662. The first-order valence-electron chi connectivity index (χ1n) is 5.70. The van der Waals surface area contributed by atoms with Gasteiger partial charge in [0.05, 0.1) is 6.10 Å². The second kappa shape index (κ2) is 5.07. The molecule has 92 valence electrons. The van der Waals surface area contributed by atoms with Gasteiger partial charge in [-0.05, 0) is 37.1 Å². The molecule has 1 fully saturated rings. The molecule has 1 unspecified atom stereocenters. The molecule has 1 atom stereocenters. The SMILES string of the molecule is COC1CCN(C(=O)c2ccc(Cl)cc2C)C1. The number of benzene rings is 1. The molecule has 2 rings (SSSR count). The molecule has 1 aromatic rings. The third-order valence-electron chi connectivity index (χ3n) is 3.18. The second-order valence-corrected chi connectivity index (χ2v) is 4.79. The van der Waals surface area contributed by atoms with E-state index in [-0.39, 0.29) is 12.0 Å². The van der Waals surface area contributed by atoms with E-state index in [0.717, 1.165) is 24.1 Å². The first kappa shape index (κ1) is 12.4. The Hall–Kier alpha value is -1.06. The molecule has 0 aliphatic carbocycles. The van der Waals surface area contributed by atoms with Crippen LogP contribution in [0.5, 0.6) is 0 Å². The number of amides is 1. The van der Waals surface area contributed by atoms with E-state index in [1.165, 1.54) is 0 Å². The smallest absolute Gasteiger partial charge is 0.254 e. The zero-order valence-corrected chi connectivity index (χ0v) is 10.8. The van der Waals surface area contributed by atoms with E-state index in [2.05, 4.69) is 0 Å². The maximum Gasteiger partial charge on any atom is 0.254 e. The summed E-state index contributed by atoms with van der Waals surface area (Å²) >= 11 is 5.88. The van der Waals surface area contributed by atoms with Crippen molar-refractivity contribution in [3.8, 4) is 0 Å². The molecule has 1 heterocycles. The van der Waals surface area contributed by atoms with Gasteiger partial charge in [-0.3, -0.25) is 4.79 Å². The highest BCUT2D eigenvalue weighted by molar-refractivity contribution is 6.30. The van der Waals surface area contributed by atoms with Crippen LogP contribution in [0.4, 0.5) is 0 Å². The van der Waals surface area contributed by atoms with Crippen LogP contribution in [0.2, 0.25) is 5.02 Å². The molecule has 0 bridgehead atoms. The molecule has 1 amide bonds. The van der Waals surface area contributed by atoms with Crippen molar-refractivity contribution < 1.29 is 9.53 Å². The van der Waals surface area contributed by atoms with Gasteiger partial charge >= 0.3 is 0 Å². The molecule has 3 nitrogen and oxygen atoms in total. The molecule has 1 aromatic carbocycles. The third-order valence-corrected chi connectivity index (χ3v) is 3.42. The predicted octanol–water partition coefficient (Wildman–Crippen LogP) is 2.51. The number of nitrogens with zero attached hydrogens (tertiary/aromatic N) is 1. The molecule has 0 radical (unpaired) electrons. The summed E-state index contributed by atoms with van der Waals surface area (Å²) in [5.41, 5.74) is 1.65. The molecule has 1 saturated heterocycles. The zero-order valence-electron chi connectivity index (χ0n) is 10.1. The summed E-state index contributed by atoms with van der Waals surface area (Å²) < 4.78 is 5.26. The van der Waals surface area contributed by atoms with Gasteiger partial charge in [0.2, 0.25) is 0 Å². The minimum Gasteiger partial charge on any atom is -0.380 e. The van der Waals surface area contributed by atoms with Crippen LogP contribution in [-0.4, -0.2) is 37.1 Å². The fourth-order valence-electron chi connectivity index (χ4n) is 2.14. The Kier molecular flexibility index (Phi) is 3.69. The van der Waals surface area contributed by atoms with E-state index < -0.39 is 0 Å². The monoisotopic (exact) mass is 253 g/mol. The Labute approximate surface area is 106 Å². The van der Waals surface area contributed by atoms with Crippen LogP contribution in [0.3, 0.4) is 0 Å². The summed E-state index contributed by atoms with van der Waals surface area (Å²) in [6, 6.07) is 5.37. The highest BCUT2D eigenvalue weighted by Crippen LogP contribution is 2.20. The number of methoxy groups -OCH3 is 1. The van der Waals surface area contributed by atoms with E-state index in [0.29, 0.717) is 11.6 Å². The van der Waals surface area contributed by atoms with E-state index >= 15 is 0 Å². The van der Waals surface area contributed by atoms with Crippen LogP contribution in [0, 0.1) is 6.92 Å². The van der Waals surface area contributed by atoms with Crippen molar-refractivity contribution in [1.29, 1.82) is 0 Å². The standard InChI is InChI=1S/C13H16ClNO2/c1-9-7-10(14)3-4-12(9)13(16)15-6-5-11(8-15)17-2/h3-4,7,11H,5-6,8H2,1-2H3. The zero-order chi connectivity index (χ0) is 12.4. The molecule has 1 aliphatic rings. The van der Waals surface area contributed by atoms with Crippen molar-refractivity contribution in [2.45, 2.75) is 19.4 Å². The van der Waals surface area contributed by atoms with E-state index in [1.807, 2.05) is 17.9 Å². The molecule has 0 spiro atoms.